The minimum absolute atomic E-state index is 0.0928. The molecule has 31 heavy (non-hydrogen) atoms. The number of halogens is 1. The summed E-state index contributed by atoms with van der Waals surface area (Å²) >= 11 is 3.54. The lowest BCUT2D eigenvalue weighted by atomic mass is 9.68. The van der Waals surface area contributed by atoms with E-state index in [0.29, 0.717) is 23.4 Å². The molecule has 5 nitrogen and oxygen atoms in total. The molecule has 1 aliphatic carbocycles. The number of dihydropyridines is 1. The topological polar surface area (TPSA) is 71.1 Å². The van der Waals surface area contributed by atoms with E-state index in [1.54, 1.807) is 6.07 Å². The number of nitrogens with one attached hydrogen (secondary N) is 2. The highest BCUT2D eigenvalue weighted by Crippen LogP contribution is 2.47. The summed E-state index contributed by atoms with van der Waals surface area (Å²) in [5.41, 5.74) is 4.56. The third kappa shape index (κ3) is 4.35. The first kappa shape index (κ1) is 21.5. The molecule has 0 saturated heterocycles. The summed E-state index contributed by atoms with van der Waals surface area (Å²) in [7, 11) is 0. The predicted molar refractivity (Wildman–Crippen MR) is 125 cm³/mol. The Morgan fingerprint density at radius 3 is 2.61 bits per heavy atom. The van der Waals surface area contributed by atoms with Crippen LogP contribution in [0.25, 0.3) is 0 Å². The van der Waals surface area contributed by atoms with Gasteiger partial charge in [0.15, 0.2) is 5.78 Å². The largest absolute Gasteiger partial charge is 0.362 e. The van der Waals surface area contributed by atoms with Gasteiger partial charge >= 0.3 is 0 Å². The molecule has 2 aliphatic rings. The second-order valence-corrected chi connectivity index (χ2v) is 10.0. The van der Waals surface area contributed by atoms with Gasteiger partial charge in [-0.25, -0.2) is 4.98 Å². The zero-order valence-corrected chi connectivity index (χ0v) is 19.8. The Labute approximate surface area is 191 Å². The molecule has 0 radical (unpaired) electrons. The second-order valence-electron chi connectivity index (χ2n) is 9.10. The van der Waals surface area contributed by atoms with Crippen LogP contribution >= 0.6 is 15.9 Å². The van der Waals surface area contributed by atoms with Crippen molar-refractivity contribution in [3.8, 4) is 0 Å². The molecule has 1 amide bonds. The van der Waals surface area contributed by atoms with E-state index >= 15 is 0 Å². The van der Waals surface area contributed by atoms with E-state index in [0.717, 1.165) is 33.5 Å². The number of aryl methyl sites for hydroxylation is 1. The molecule has 1 atom stereocenters. The Hall–Kier alpha value is -2.73. The molecule has 0 unspecified atom stereocenters. The number of anilines is 1. The lowest BCUT2D eigenvalue weighted by Gasteiger charge is -2.39. The van der Waals surface area contributed by atoms with Crippen molar-refractivity contribution >= 4 is 33.4 Å². The van der Waals surface area contributed by atoms with Crippen LogP contribution in [0.3, 0.4) is 0 Å². The van der Waals surface area contributed by atoms with Crippen LogP contribution in [-0.2, 0) is 9.59 Å². The van der Waals surface area contributed by atoms with Crippen molar-refractivity contribution in [3.05, 3.63) is 80.7 Å². The van der Waals surface area contributed by atoms with E-state index < -0.39 is 5.92 Å². The zero-order chi connectivity index (χ0) is 22.3. The molecule has 2 aromatic rings. The van der Waals surface area contributed by atoms with Crippen LogP contribution in [0.1, 0.15) is 50.8 Å². The molecule has 4 rings (SSSR count). The van der Waals surface area contributed by atoms with Gasteiger partial charge in [0.05, 0.1) is 0 Å². The van der Waals surface area contributed by atoms with Gasteiger partial charge < -0.3 is 10.6 Å². The van der Waals surface area contributed by atoms with Crippen LogP contribution in [-0.4, -0.2) is 16.7 Å². The maximum absolute atomic E-state index is 13.5. The molecule has 2 N–H and O–H groups in total. The fourth-order valence-corrected chi connectivity index (χ4v) is 4.97. The van der Waals surface area contributed by atoms with E-state index in [2.05, 4.69) is 45.4 Å². The van der Waals surface area contributed by atoms with Crippen LogP contribution < -0.4 is 10.6 Å². The van der Waals surface area contributed by atoms with Gasteiger partial charge in [-0.15, -0.1) is 0 Å². The van der Waals surface area contributed by atoms with Gasteiger partial charge in [0, 0.05) is 45.0 Å². The molecule has 1 aromatic heterocycles. The standard InChI is InChI=1S/C25H26BrN3O2/c1-14-7-5-10-20(27-14)29-24(31)21-15(2)28-18-12-25(3,4)13-19(30)23(18)22(21)16-8-6-9-17(26)11-16/h5-11,22,28H,12-13H2,1-4H3,(H,27,29,31)/t22-/m1/s1. The van der Waals surface area contributed by atoms with E-state index in [1.807, 2.05) is 50.2 Å². The molecule has 0 saturated carbocycles. The summed E-state index contributed by atoms with van der Waals surface area (Å²) in [4.78, 5) is 31.2. The summed E-state index contributed by atoms with van der Waals surface area (Å²) in [6.07, 6.45) is 1.23. The van der Waals surface area contributed by atoms with Gasteiger partial charge in [0.25, 0.3) is 5.91 Å². The quantitative estimate of drug-likeness (QED) is 0.618. The third-order valence-corrected chi connectivity index (χ3v) is 6.29. The average molecular weight is 480 g/mol. The Bertz CT molecular complexity index is 1150. The van der Waals surface area contributed by atoms with Gasteiger partial charge in [-0.05, 0) is 55.5 Å². The van der Waals surface area contributed by atoms with Crippen LogP contribution in [0, 0.1) is 12.3 Å². The Morgan fingerprint density at radius 1 is 1.16 bits per heavy atom. The Kier molecular flexibility index (Phi) is 5.60. The van der Waals surface area contributed by atoms with Gasteiger partial charge in [0.1, 0.15) is 5.82 Å². The molecule has 0 spiro atoms. The highest BCUT2D eigenvalue weighted by Gasteiger charge is 2.42. The third-order valence-electron chi connectivity index (χ3n) is 5.80. The molecule has 0 bridgehead atoms. The summed E-state index contributed by atoms with van der Waals surface area (Å²) in [5.74, 6) is -0.0937. The molecule has 0 fully saturated rings. The molecule has 160 valence electrons. The average Bonchev–Trinajstić information content (AvgIpc) is 2.65. The number of nitrogens with zero attached hydrogens (tertiary/aromatic N) is 1. The van der Waals surface area contributed by atoms with Crippen LogP contribution in [0.15, 0.2) is 69.5 Å². The number of allylic oxidation sites excluding steroid dienone is 3. The molecule has 1 aliphatic heterocycles. The van der Waals surface area contributed by atoms with E-state index in [4.69, 9.17) is 0 Å². The smallest absolute Gasteiger partial charge is 0.255 e. The normalized spacial score (nSPS) is 20.3. The number of ketones is 1. The van der Waals surface area contributed by atoms with Crippen molar-refractivity contribution < 1.29 is 9.59 Å². The van der Waals surface area contributed by atoms with E-state index in [9.17, 15) is 9.59 Å². The number of pyridine rings is 1. The van der Waals surface area contributed by atoms with Crippen molar-refractivity contribution in [2.45, 2.75) is 46.5 Å². The van der Waals surface area contributed by atoms with Crippen molar-refractivity contribution in [3.63, 3.8) is 0 Å². The Balaban J connectivity index is 1.81. The number of hydrogen-bond acceptors (Lipinski definition) is 4. The fraction of sp³-hybridized carbons (Fsp3) is 0.320. The maximum Gasteiger partial charge on any atom is 0.255 e. The SMILES string of the molecule is CC1=C(C(=O)Nc2cccc(C)n2)[C@@H](c2cccc(Br)c2)C2=C(CC(C)(C)CC2=O)N1. The highest BCUT2D eigenvalue weighted by molar-refractivity contribution is 9.10. The van der Waals surface area contributed by atoms with Gasteiger partial charge in [-0.1, -0.05) is 48.0 Å². The minimum Gasteiger partial charge on any atom is -0.362 e. The Morgan fingerprint density at radius 2 is 1.90 bits per heavy atom. The number of benzene rings is 1. The maximum atomic E-state index is 13.5. The van der Waals surface area contributed by atoms with Crippen molar-refractivity contribution in [1.29, 1.82) is 0 Å². The van der Waals surface area contributed by atoms with Crippen molar-refractivity contribution in [1.82, 2.24) is 10.3 Å². The van der Waals surface area contributed by atoms with E-state index in [-0.39, 0.29) is 17.1 Å². The summed E-state index contributed by atoms with van der Waals surface area (Å²) < 4.78 is 0.909. The predicted octanol–water partition coefficient (Wildman–Crippen LogP) is 5.40. The van der Waals surface area contributed by atoms with Crippen molar-refractivity contribution in [2.75, 3.05) is 5.32 Å². The van der Waals surface area contributed by atoms with Crippen LogP contribution in [0.5, 0.6) is 0 Å². The van der Waals surface area contributed by atoms with Crippen LogP contribution in [0.4, 0.5) is 5.82 Å². The minimum atomic E-state index is -0.429. The van der Waals surface area contributed by atoms with E-state index in [1.165, 1.54) is 0 Å². The van der Waals surface area contributed by atoms with Gasteiger partial charge in [0.2, 0.25) is 0 Å². The van der Waals surface area contributed by atoms with Gasteiger partial charge in [-0.2, -0.15) is 0 Å². The molecule has 2 heterocycles. The lowest BCUT2D eigenvalue weighted by molar-refractivity contribution is -0.118. The lowest BCUT2D eigenvalue weighted by Crippen LogP contribution is -2.39. The van der Waals surface area contributed by atoms with Crippen LogP contribution in [0.2, 0.25) is 0 Å². The number of rotatable bonds is 3. The molecular formula is C25H26BrN3O2. The number of Topliss-reactive ketones (excluding diaryl/α,β-unsaturated/α-hetero) is 1. The first-order chi connectivity index (χ1) is 14.6. The monoisotopic (exact) mass is 479 g/mol. The number of hydrogen-bond donors (Lipinski definition) is 2. The number of amides is 1. The summed E-state index contributed by atoms with van der Waals surface area (Å²) in [5, 5.41) is 6.32. The van der Waals surface area contributed by atoms with Crippen molar-refractivity contribution in [2.24, 2.45) is 5.41 Å². The zero-order valence-electron chi connectivity index (χ0n) is 18.2. The first-order valence-corrected chi connectivity index (χ1v) is 11.2. The molecular weight excluding hydrogens is 454 g/mol. The number of carbonyl (C=O) groups is 2. The fourth-order valence-electron chi connectivity index (χ4n) is 4.55. The van der Waals surface area contributed by atoms with Gasteiger partial charge in [-0.3, -0.25) is 9.59 Å². The molecule has 1 aromatic carbocycles. The highest BCUT2D eigenvalue weighted by atomic mass is 79.9. The number of aromatic nitrogens is 1. The number of carbonyl (C=O) groups excluding carboxylic acids is 2. The summed E-state index contributed by atoms with van der Waals surface area (Å²) in [6.45, 7) is 8.00. The summed E-state index contributed by atoms with van der Waals surface area (Å²) in [6, 6.07) is 13.3. The molecule has 6 heteroatoms. The first-order valence-electron chi connectivity index (χ1n) is 10.4. The second kappa shape index (κ2) is 8.08.